The van der Waals surface area contributed by atoms with Gasteiger partial charge in [0.25, 0.3) is 0 Å². The number of methoxy groups -OCH3 is 1. The van der Waals surface area contributed by atoms with E-state index in [1.54, 1.807) is 7.11 Å². The fraction of sp³-hybridized carbons (Fsp3) is 0.538. The van der Waals surface area contributed by atoms with Crippen molar-refractivity contribution in [3.05, 3.63) is 29.8 Å². The normalized spacial score (nSPS) is 25.9. The molecule has 3 nitrogen and oxygen atoms in total. The quantitative estimate of drug-likeness (QED) is 0.836. The van der Waals surface area contributed by atoms with Gasteiger partial charge in [0, 0.05) is 31.5 Å². The van der Waals surface area contributed by atoms with E-state index in [-0.39, 0.29) is 6.61 Å². The van der Waals surface area contributed by atoms with Crippen LogP contribution >= 0.6 is 0 Å². The molecule has 16 heavy (non-hydrogen) atoms. The maximum atomic E-state index is 9.41. The molecule has 88 valence electrons. The molecule has 1 aromatic carbocycles. The second kappa shape index (κ2) is 4.85. The molecule has 0 amide bonds. The van der Waals surface area contributed by atoms with Gasteiger partial charge in [0.2, 0.25) is 0 Å². The molecule has 1 aliphatic heterocycles. The van der Waals surface area contributed by atoms with E-state index in [0.29, 0.717) is 11.8 Å². The Morgan fingerprint density at radius 3 is 2.81 bits per heavy atom. The minimum absolute atomic E-state index is 0.243. The fourth-order valence-electron chi connectivity index (χ4n) is 2.60. The molecule has 1 fully saturated rings. The van der Waals surface area contributed by atoms with E-state index in [1.807, 2.05) is 18.2 Å². The number of hydrogen-bond donors (Lipinski definition) is 1. The van der Waals surface area contributed by atoms with Gasteiger partial charge in [-0.2, -0.15) is 0 Å². The second-order valence-corrected chi connectivity index (χ2v) is 4.51. The standard InChI is InChI=1S/C13H19NO2/c1-14-7-10(9-15)12(8-14)11-5-3-4-6-13(11)16-2/h3-6,10,12,15H,7-9H2,1-2H3/t10-,12-/m0/s1. The van der Waals surface area contributed by atoms with Gasteiger partial charge in [0.15, 0.2) is 0 Å². The summed E-state index contributed by atoms with van der Waals surface area (Å²) in [6.07, 6.45) is 0. The van der Waals surface area contributed by atoms with Crippen molar-refractivity contribution >= 4 is 0 Å². The molecule has 2 atom stereocenters. The third-order valence-electron chi connectivity index (χ3n) is 3.40. The smallest absolute Gasteiger partial charge is 0.122 e. The summed E-state index contributed by atoms with van der Waals surface area (Å²) >= 11 is 0. The van der Waals surface area contributed by atoms with E-state index < -0.39 is 0 Å². The molecule has 1 N–H and O–H groups in total. The summed E-state index contributed by atoms with van der Waals surface area (Å²) in [5.41, 5.74) is 1.22. The molecule has 0 aliphatic carbocycles. The molecule has 0 radical (unpaired) electrons. The van der Waals surface area contributed by atoms with Crippen LogP contribution in [0.15, 0.2) is 24.3 Å². The molecule has 0 saturated carbocycles. The molecular formula is C13H19NO2. The van der Waals surface area contributed by atoms with Crippen LogP contribution in [0.5, 0.6) is 5.75 Å². The third kappa shape index (κ3) is 2.06. The number of aliphatic hydroxyl groups excluding tert-OH is 1. The van der Waals surface area contributed by atoms with Crippen molar-refractivity contribution in [3.8, 4) is 5.75 Å². The summed E-state index contributed by atoms with van der Waals surface area (Å²) < 4.78 is 5.39. The molecule has 0 bridgehead atoms. The van der Waals surface area contributed by atoms with E-state index in [2.05, 4.69) is 18.0 Å². The fourth-order valence-corrected chi connectivity index (χ4v) is 2.60. The van der Waals surface area contributed by atoms with Gasteiger partial charge in [-0.1, -0.05) is 18.2 Å². The number of rotatable bonds is 3. The SMILES string of the molecule is COc1ccccc1[C@H]1CN(C)C[C@H]1CO. The Hall–Kier alpha value is -1.06. The Morgan fingerprint density at radius 1 is 1.38 bits per heavy atom. The average molecular weight is 221 g/mol. The van der Waals surface area contributed by atoms with E-state index >= 15 is 0 Å². The summed E-state index contributed by atoms with van der Waals surface area (Å²) in [7, 11) is 3.80. The van der Waals surface area contributed by atoms with Crippen LogP contribution in [0.4, 0.5) is 0 Å². The van der Waals surface area contributed by atoms with Crippen LogP contribution in [-0.4, -0.2) is 43.9 Å². The summed E-state index contributed by atoms with van der Waals surface area (Å²) in [5.74, 6) is 1.63. The number of aliphatic hydroxyl groups is 1. The number of benzene rings is 1. The van der Waals surface area contributed by atoms with Crippen molar-refractivity contribution in [1.82, 2.24) is 4.90 Å². The van der Waals surface area contributed by atoms with Gasteiger partial charge in [-0.15, -0.1) is 0 Å². The van der Waals surface area contributed by atoms with Gasteiger partial charge in [0.05, 0.1) is 7.11 Å². The largest absolute Gasteiger partial charge is 0.496 e. The lowest BCUT2D eigenvalue weighted by atomic mass is 9.89. The summed E-state index contributed by atoms with van der Waals surface area (Å²) in [5, 5.41) is 9.41. The van der Waals surface area contributed by atoms with Crippen molar-refractivity contribution in [3.63, 3.8) is 0 Å². The van der Waals surface area contributed by atoms with Crippen LogP contribution < -0.4 is 4.74 Å². The van der Waals surface area contributed by atoms with Crippen LogP contribution in [0.2, 0.25) is 0 Å². The van der Waals surface area contributed by atoms with Crippen molar-refractivity contribution in [2.24, 2.45) is 5.92 Å². The van der Waals surface area contributed by atoms with Gasteiger partial charge >= 0.3 is 0 Å². The molecule has 0 unspecified atom stereocenters. The number of para-hydroxylation sites is 1. The first-order valence-electron chi connectivity index (χ1n) is 5.68. The maximum absolute atomic E-state index is 9.41. The Morgan fingerprint density at radius 2 is 2.12 bits per heavy atom. The van der Waals surface area contributed by atoms with Gasteiger partial charge in [-0.3, -0.25) is 0 Å². The number of hydrogen-bond acceptors (Lipinski definition) is 3. The minimum Gasteiger partial charge on any atom is -0.496 e. The Bertz CT molecular complexity index is 354. The molecule has 1 aliphatic rings. The van der Waals surface area contributed by atoms with Crippen LogP contribution in [0.25, 0.3) is 0 Å². The molecule has 1 heterocycles. The number of likely N-dealkylation sites (tertiary alicyclic amines) is 1. The Balaban J connectivity index is 2.28. The average Bonchev–Trinajstić information content (AvgIpc) is 2.70. The molecule has 1 saturated heterocycles. The predicted molar refractivity (Wildman–Crippen MR) is 63.8 cm³/mol. The molecule has 3 heteroatoms. The number of likely N-dealkylation sites (N-methyl/N-ethyl adjacent to an activating group) is 1. The second-order valence-electron chi connectivity index (χ2n) is 4.51. The van der Waals surface area contributed by atoms with Crippen molar-refractivity contribution in [1.29, 1.82) is 0 Å². The third-order valence-corrected chi connectivity index (χ3v) is 3.40. The van der Waals surface area contributed by atoms with Crippen LogP contribution in [0.1, 0.15) is 11.5 Å². The van der Waals surface area contributed by atoms with Crippen molar-refractivity contribution in [2.45, 2.75) is 5.92 Å². The highest BCUT2D eigenvalue weighted by molar-refractivity contribution is 5.37. The highest BCUT2D eigenvalue weighted by Gasteiger charge is 2.32. The predicted octanol–water partition coefficient (Wildman–Crippen LogP) is 1.33. The zero-order valence-electron chi connectivity index (χ0n) is 9.89. The van der Waals surface area contributed by atoms with Gasteiger partial charge < -0.3 is 14.7 Å². The number of nitrogens with zero attached hydrogens (tertiary/aromatic N) is 1. The highest BCUT2D eigenvalue weighted by Crippen LogP contribution is 2.36. The van der Waals surface area contributed by atoms with Crippen molar-refractivity contribution in [2.75, 3.05) is 33.9 Å². The van der Waals surface area contributed by atoms with Crippen LogP contribution in [0.3, 0.4) is 0 Å². The van der Waals surface area contributed by atoms with E-state index in [4.69, 9.17) is 4.74 Å². The van der Waals surface area contributed by atoms with Gasteiger partial charge in [0.1, 0.15) is 5.75 Å². The van der Waals surface area contributed by atoms with Gasteiger partial charge in [-0.25, -0.2) is 0 Å². The lowest BCUT2D eigenvalue weighted by molar-refractivity contribution is 0.218. The van der Waals surface area contributed by atoms with E-state index in [9.17, 15) is 5.11 Å². The lowest BCUT2D eigenvalue weighted by Crippen LogP contribution is -2.16. The Kier molecular flexibility index (Phi) is 3.46. The van der Waals surface area contributed by atoms with Crippen LogP contribution in [-0.2, 0) is 0 Å². The summed E-state index contributed by atoms with van der Waals surface area (Å²) in [6.45, 7) is 2.19. The monoisotopic (exact) mass is 221 g/mol. The topological polar surface area (TPSA) is 32.7 Å². The maximum Gasteiger partial charge on any atom is 0.122 e. The highest BCUT2D eigenvalue weighted by atomic mass is 16.5. The molecular weight excluding hydrogens is 202 g/mol. The molecule has 0 spiro atoms. The molecule has 0 aromatic heterocycles. The first-order chi connectivity index (χ1) is 7.76. The zero-order valence-corrected chi connectivity index (χ0v) is 9.89. The lowest BCUT2D eigenvalue weighted by Gasteiger charge is -2.19. The Labute approximate surface area is 96.6 Å². The van der Waals surface area contributed by atoms with E-state index in [0.717, 1.165) is 18.8 Å². The first kappa shape index (κ1) is 11.4. The number of ether oxygens (including phenoxy) is 1. The zero-order chi connectivity index (χ0) is 11.5. The van der Waals surface area contributed by atoms with Crippen molar-refractivity contribution < 1.29 is 9.84 Å². The van der Waals surface area contributed by atoms with Gasteiger partial charge in [-0.05, 0) is 18.7 Å². The summed E-state index contributed by atoms with van der Waals surface area (Å²) in [4.78, 5) is 2.26. The molecule has 2 rings (SSSR count). The molecule has 1 aromatic rings. The van der Waals surface area contributed by atoms with E-state index in [1.165, 1.54) is 5.56 Å². The first-order valence-corrected chi connectivity index (χ1v) is 5.68. The van der Waals surface area contributed by atoms with Crippen LogP contribution in [0, 0.1) is 5.92 Å². The minimum atomic E-state index is 0.243. The summed E-state index contributed by atoms with van der Waals surface area (Å²) in [6, 6.07) is 8.10.